The Labute approximate surface area is 98.9 Å². The van der Waals surface area contributed by atoms with Crippen LogP contribution in [0.3, 0.4) is 0 Å². The summed E-state index contributed by atoms with van der Waals surface area (Å²) >= 11 is 0. The van der Waals surface area contributed by atoms with Gasteiger partial charge in [0.15, 0.2) is 0 Å². The van der Waals surface area contributed by atoms with Gasteiger partial charge in [0.25, 0.3) is 5.91 Å². The van der Waals surface area contributed by atoms with Crippen LogP contribution in [-0.4, -0.2) is 32.8 Å². The van der Waals surface area contributed by atoms with Crippen LogP contribution >= 0.6 is 0 Å². The maximum atomic E-state index is 11.8. The molecule has 0 saturated heterocycles. The van der Waals surface area contributed by atoms with Crippen LogP contribution in [0.4, 0.5) is 0 Å². The largest absolute Gasteiger partial charge is 0.480 e. The molecule has 0 aromatic carbocycles. The molecule has 6 nitrogen and oxygen atoms in total. The maximum Gasteiger partial charge on any atom is 0.326 e. The lowest BCUT2D eigenvalue weighted by Gasteiger charge is -2.12. The van der Waals surface area contributed by atoms with E-state index in [0.29, 0.717) is 11.3 Å². The van der Waals surface area contributed by atoms with Gasteiger partial charge in [-0.3, -0.25) is 9.48 Å². The summed E-state index contributed by atoms with van der Waals surface area (Å²) < 4.78 is 1.55. The first kappa shape index (κ1) is 13.0. The molecule has 0 aliphatic carbocycles. The Morgan fingerprint density at radius 2 is 2.35 bits per heavy atom. The highest BCUT2D eigenvalue weighted by molar-refractivity contribution is 5.97. The standard InChI is InChI=1S/C11H15N3O3/c1-4-5-9(11(16)17)13-10(15)8-6-12-14(3)7(8)2/h4,6,9H,1,5H2,2-3H3,(H,13,15)(H,16,17). The van der Waals surface area contributed by atoms with Gasteiger partial charge in [-0.05, 0) is 13.3 Å². The number of carboxylic acids is 1. The molecule has 1 amide bonds. The molecule has 0 aliphatic heterocycles. The van der Waals surface area contributed by atoms with Crippen LogP contribution in [0.25, 0.3) is 0 Å². The average Bonchev–Trinajstić information content (AvgIpc) is 2.59. The summed E-state index contributed by atoms with van der Waals surface area (Å²) in [6.07, 6.45) is 3.05. The Morgan fingerprint density at radius 3 is 2.76 bits per heavy atom. The van der Waals surface area contributed by atoms with Crippen molar-refractivity contribution in [1.29, 1.82) is 0 Å². The van der Waals surface area contributed by atoms with E-state index in [2.05, 4.69) is 17.0 Å². The Hall–Kier alpha value is -2.11. The third kappa shape index (κ3) is 2.93. The van der Waals surface area contributed by atoms with Crippen LogP contribution in [0.5, 0.6) is 0 Å². The van der Waals surface area contributed by atoms with E-state index in [1.54, 1.807) is 18.7 Å². The van der Waals surface area contributed by atoms with Crippen molar-refractivity contribution in [2.45, 2.75) is 19.4 Å². The minimum absolute atomic E-state index is 0.181. The molecule has 17 heavy (non-hydrogen) atoms. The van der Waals surface area contributed by atoms with Crippen LogP contribution < -0.4 is 5.32 Å². The summed E-state index contributed by atoms with van der Waals surface area (Å²) in [6, 6.07) is -0.959. The van der Waals surface area contributed by atoms with Gasteiger partial charge in [-0.25, -0.2) is 4.79 Å². The van der Waals surface area contributed by atoms with Crippen molar-refractivity contribution in [1.82, 2.24) is 15.1 Å². The maximum absolute atomic E-state index is 11.8. The lowest BCUT2D eigenvalue weighted by molar-refractivity contribution is -0.139. The smallest absolute Gasteiger partial charge is 0.326 e. The third-order valence-electron chi connectivity index (χ3n) is 2.49. The normalized spacial score (nSPS) is 11.9. The molecule has 0 saturated carbocycles. The SMILES string of the molecule is C=CCC(NC(=O)c1cnn(C)c1C)C(=O)O. The number of aromatic nitrogens is 2. The van der Waals surface area contributed by atoms with Gasteiger partial charge in [0.1, 0.15) is 6.04 Å². The van der Waals surface area contributed by atoms with Crippen molar-refractivity contribution < 1.29 is 14.7 Å². The van der Waals surface area contributed by atoms with E-state index >= 15 is 0 Å². The monoisotopic (exact) mass is 237 g/mol. The van der Waals surface area contributed by atoms with E-state index in [1.165, 1.54) is 12.3 Å². The van der Waals surface area contributed by atoms with Gasteiger partial charge in [0, 0.05) is 12.7 Å². The van der Waals surface area contributed by atoms with Crippen LogP contribution in [0, 0.1) is 6.92 Å². The van der Waals surface area contributed by atoms with Gasteiger partial charge in [0.05, 0.1) is 11.8 Å². The molecule has 6 heteroatoms. The minimum atomic E-state index is -1.08. The highest BCUT2D eigenvalue weighted by atomic mass is 16.4. The third-order valence-corrected chi connectivity index (χ3v) is 2.49. The molecular formula is C11H15N3O3. The average molecular weight is 237 g/mol. The van der Waals surface area contributed by atoms with Gasteiger partial charge in [-0.2, -0.15) is 5.10 Å². The number of aryl methyl sites for hydroxylation is 1. The summed E-state index contributed by atoms with van der Waals surface area (Å²) in [4.78, 5) is 22.7. The zero-order valence-electron chi connectivity index (χ0n) is 9.80. The number of carboxylic acid groups (broad SMARTS) is 1. The van der Waals surface area contributed by atoms with Crippen molar-refractivity contribution >= 4 is 11.9 Å². The summed E-state index contributed by atoms with van der Waals surface area (Å²) in [5.41, 5.74) is 1.06. The van der Waals surface area contributed by atoms with E-state index in [9.17, 15) is 9.59 Å². The van der Waals surface area contributed by atoms with Gasteiger partial charge in [-0.1, -0.05) is 6.08 Å². The van der Waals surface area contributed by atoms with E-state index in [4.69, 9.17) is 5.11 Å². The Kier molecular flexibility index (Phi) is 4.03. The number of nitrogens with zero attached hydrogens (tertiary/aromatic N) is 2. The number of amides is 1. The first-order valence-corrected chi connectivity index (χ1v) is 5.10. The molecule has 1 aromatic rings. The predicted octanol–water partition coefficient (Wildman–Crippen LogP) is 0.488. The number of aliphatic carboxylic acids is 1. The van der Waals surface area contributed by atoms with Crippen LogP contribution in [0.2, 0.25) is 0 Å². The van der Waals surface area contributed by atoms with E-state index in [-0.39, 0.29) is 6.42 Å². The summed E-state index contributed by atoms with van der Waals surface area (Å²) in [5.74, 6) is -1.52. The Balaban J connectivity index is 2.80. The summed E-state index contributed by atoms with van der Waals surface area (Å²) in [6.45, 7) is 5.19. The quantitative estimate of drug-likeness (QED) is 0.730. The number of hydrogen-bond acceptors (Lipinski definition) is 3. The molecular weight excluding hydrogens is 222 g/mol. The number of carbonyl (C=O) groups excluding carboxylic acids is 1. The lowest BCUT2D eigenvalue weighted by atomic mass is 10.2. The number of rotatable bonds is 5. The fraction of sp³-hybridized carbons (Fsp3) is 0.364. The van der Waals surface area contributed by atoms with Gasteiger partial charge < -0.3 is 10.4 Å². The molecule has 1 heterocycles. The molecule has 0 radical (unpaired) electrons. The number of nitrogens with one attached hydrogen (secondary N) is 1. The van der Waals surface area contributed by atoms with E-state index < -0.39 is 17.9 Å². The Bertz CT molecular complexity index is 451. The van der Waals surface area contributed by atoms with Crippen molar-refractivity contribution in [2.24, 2.45) is 7.05 Å². The minimum Gasteiger partial charge on any atom is -0.480 e. The van der Waals surface area contributed by atoms with E-state index in [1.807, 2.05) is 0 Å². The zero-order valence-corrected chi connectivity index (χ0v) is 9.80. The van der Waals surface area contributed by atoms with Crippen LogP contribution in [-0.2, 0) is 11.8 Å². The van der Waals surface area contributed by atoms with Gasteiger partial charge in [0.2, 0.25) is 0 Å². The molecule has 1 unspecified atom stereocenters. The lowest BCUT2D eigenvalue weighted by Crippen LogP contribution is -2.40. The van der Waals surface area contributed by atoms with Crippen LogP contribution in [0.15, 0.2) is 18.9 Å². The molecule has 1 aromatic heterocycles. The van der Waals surface area contributed by atoms with E-state index in [0.717, 1.165) is 0 Å². The second-order valence-electron chi connectivity index (χ2n) is 3.66. The second kappa shape index (κ2) is 5.29. The second-order valence-corrected chi connectivity index (χ2v) is 3.66. The molecule has 0 aliphatic rings. The topological polar surface area (TPSA) is 84.2 Å². The van der Waals surface area contributed by atoms with Crippen molar-refractivity contribution in [2.75, 3.05) is 0 Å². The zero-order chi connectivity index (χ0) is 13.0. The number of carbonyl (C=O) groups is 2. The highest BCUT2D eigenvalue weighted by Gasteiger charge is 2.21. The van der Waals surface area contributed by atoms with Gasteiger partial charge >= 0.3 is 5.97 Å². The predicted molar refractivity (Wildman–Crippen MR) is 61.6 cm³/mol. The fourth-order valence-corrected chi connectivity index (χ4v) is 1.35. The molecule has 2 N–H and O–H groups in total. The Morgan fingerprint density at radius 1 is 1.71 bits per heavy atom. The molecule has 0 fully saturated rings. The first-order chi connectivity index (χ1) is 7.97. The molecule has 92 valence electrons. The van der Waals surface area contributed by atoms with Crippen molar-refractivity contribution in [3.05, 3.63) is 30.1 Å². The molecule has 0 spiro atoms. The molecule has 1 rings (SSSR count). The van der Waals surface area contributed by atoms with Gasteiger partial charge in [-0.15, -0.1) is 6.58 Å². The highest BCUT2D eigenvalue weighted by Crippen LogP contribution is 2.06. The molecule has 1 atom stereocenters. The first-order valence-electron chi connectivity index (χ1n) is 5.10. The van der Waals surface area contributed by atoms with Crippen molar-refractivity contribution in [3.8, 4) is 0 Å². The fourth-order valence-electron chi connectivity index (χ4n) is 1.35. The summed E-state index contributed by atoms with van der Waals surface area (Å²) in [7, 11) is 1.71. The van der Waals surface area contributed by atoms with Crippen molar-refractivity contribution in [3.63, 3.8) is 0 Å². The summed E-state index contributed by atoms with van der Waals surface area (Å²) in [5, 5.41) is 15.2. The number of hydrogen-bond donors (Lipinski definition) is 2. The molecule has 0 bridgehead atoms. The van der Waals surface area contributed by atoms with Crippen LogP contribution in [0.1, 0.15) is 22.5 Å².